The summed E-state index contributed by atoms with van der Waals surface area (Å²) in [5.74, 6) is -0.102. The number of carbonyl (C=O) groups excluding carboxylic acids is 1. The Labute approximate surface area is 118 Å². The van der Waals surface area contributed by atoms with Crippen molar-refractivity contribution in [2.75, 3.05) is 19.4 Å². The predicted molar refractivity (Wildman–Crippen MR) is 75.9 cm³/mol. The first-order chi connectivity index (χ1) is 9.50. The van der Waals surface area contributed by atoms with Gasteiger partial charge in [0.05, 0.1) is 19.4 Å². The van der Waals surface area contributed by atoms with Gasteiger partial charge in [0.25, 0.3) is 0 Å². The number of aliphatic hydroxyl groups is 1. The van der Waals surface area contributed by atoms with Crippen LogP contribution in [0.3, 0.4) is 0 Å². The summed E-state index contributed by atoms with van der Waals surface area (Å²) in [4.78, 5) is 11.6. The van der Waals surface area contributed by atoms with Gasteiger partial charge in [0.15, 0.2) is 0 Å². The van der Waals surface area contributed by atoms with Crippen molar-refractivity contribution in [3.05, 3.63) is 30.3 Å². The topological polar surface area (TPSA) is 84.9 Å². The van der Waals surface area contributed by atoms with Gasteiger partial charge in [-0.2, -0.15) is 0 Å². The van der Waals surface area contributed by atoms with Gasteiger partial charge >= 0.3 is 13.5 Å². The number of para-hydroxylation sites is 1. The fourth-order valence-corrected chi connectivity index (χ4v) is 3.23. The van der Waals surface area contributed by atoms with Gasteiger partial charge in [0, 0.05) is 0 Å². The standard InChI is InChI=1S/C13H20NO5P/c1-3-18-13(16)11(2)14-20(17,10-9-15)19-12-7-5-4-6-8-12/h4-8,11,15H,3,9-10H2,1-2H3,(H,14,17)/t11-,20?/m1/s1. The maximum Gasteiger partial charge on any atom is 0.323 e. The van der Waals surface area contributed by atoms with Crippen LogP contribution >= 0.6 is 7.52 Å². The second kappa shape index (κ2) is 8.04. The number of benzene rings is 1. The molecule has 1 aromatic rings. The van der Waals surface area contributed by atoms with Gasteiger partial charge in [0.2, 0.25) is 0 Å². The lowest BCUT2D eigenvalue weighted by atomic mass is 10.3. The molecule has 0 aromatic heterocycles. The molecule has 0 saturated carbocycles. The molecule has 0 aliphatic carbocycles. The summed E-state index contributed by atoms with van der Waals surface area (Å²) in [6.45, 7) is 3.16. The molecule has 7 heteroatoms. The number of hydrogen-bond donors (Lipinski definition) is 2. The van der Waals surface area contributed by atoms with Crippen LogP contribution in [-0.4, -0.2) is 36.5 Å². The van der Waals surface area contributed by atoms with E-state index in [1.165, 1.54) is 6.92 Å². The molecule has 0 aliphatic rings. The van der Waals surface area contributed by atoms with E-state index in [-0.39, 0.29) is 19.4 Å². The monoisotopic (exact) mass is 301 g/mol. The summed E-state index contributed by atoms with van der Waals surface area (Å²) < 4.78 is 22.9. The third-order valence-electron chi connectivity index (χ3n) is 2.42. The zero-order valence-electron chi connectivity index (χ0n) is 11.6. The Bertz CT molecular complexity index is 465. The molecule has 0 aliphatic heterocycles. The molecule has 1 aromatic carbocycles. The molecule has 6 nitrogen and oxygen atoms in total. The molecule has 2 N–H and O–H groups in total. The van der Waals surface area contributed by atoms with E-state index in [0.29, 0.717) is 5.75 Å². The van der Waals surface area contributed by atoms with Crippen LogP contribution in [-0.2, 0) is 14.1 Å². The van der Waals surface area contributed by atoms with E-state index < -0.39 is 19.5 Å². The minimum atomic E-state index is -3.38. The molecule has 0 radical (unpaired) electrons. The van der Waals surface area contributed by atoms with Gasteiger partial charge in [-0.25, -0.2) is 5.09 Å². The first-order valence-electron chi connectivity index (χ1n) is 6.39. The number of rotatable bonds is 8. The molecule has 0 amide bonds. The lowest BCUT2D eigenvalue weighted by molar-refractivity contribution is -0.144. The predicted octanol–water partition coefficient (Wildman–Crippen LogP) is 1.79. The number of nitrogens with one attached hydrogen (secondary N) is 1. The zero-order chi connectivity index (χ0) is 15.0. The van der Waals surface area contributed by atoms with Gasteiger partial charge in [-0.3, -0.25) is 9.36 Å². The van der Waals surface area contributed by atoms with Crippen LogP contribution < -0.4 is 9.61 Å². The lowest BCUT2D eigenvalue weighted by Crippen LogP contribution is -2.35. The lowest BCUT2D eigenvalue weighted by Gasteiger charge is -2.22. The quantitative estimate of drug-likeness (QED) is 0.562. The van der Waals surface area contributed by atoms with Crippen LogP contribution in [0.1, 0.15) is 13.8 Å². The van der Waals surface area contributed by atoms with Crippen LogP contribution in [0.25, 0.3) is 0 Å². The highest BCUT2D eigenvalue weighted by Crippen LogP contribution is 2.43. The Morgan fingerprint density at radius 1 is 1.40 bits per heavy atom. The molecule has 1 unspecified atom stereocenters. The smallest absolute Gasteiger partial charge is 0.323 e. The SMILES string of the molecule is CCOC(=O)[C@@H](C)NP(=O)(CCO)Oc1ccccc1. The number of carbonyl (C=O) groups is 1. The normalized spacial score (nSPS) is 15.2. The Hall–Kier alpha value is -1.36. The molecule has 0 heterocycles. The van der Waals surface area contributed by atoms with Crippen molar-refractivity contribution in [3.63, 3.8) is 0 Å². The van der Waals surface area contributed by atoms with Crippen molar-refractivity contribution >= 4 is 13.5 Å². The Morgan fingerprint density at radius 3 is 2.60 bits per heavy atom. The van der Waals surface area contributed by atoms with E-state index in [4.69, 9.17) is 14.4 Å². The van der Waals surface area contributed by atoms with Crippen molar-refractivity contribution in [3.8, 4) is 5.75 Å². The van der Waals surface area contributed by atoms with Gasteiger partial charge < -0.3 is 14.4 Å². The maximum absolute atomic E-state index is 12.6. The first kappa shape index (κ1) is 16.7. The number of hydrogen-bond acceptors (Lipinski definition) is 5. The van der Waals surface area contributed by atoms with Crippen LogP contribution in [0.2, 0.25) is 0 Å². The molecule has 0 spiro atoms. The largest absolute Gasteiger partial charge is 0.465 e. The number of esters is 1. The highest BCUT2D eigenvalue weighted by molar-refractivity contribution is 7.57. The first-order valence-corrected chi connectivity index (χ1v) is 8.20. The highest BCUT2D eigenvalue weighted by Gasteiger charge is 2.29. The maximum atomic E-state index is 12.6. The zero-order valence-corrected chi connectivity index (χ0v) is 12.5. The van der Waals surface area contributed by atoms with Crippen LogP contribution in [0.4, 0.5) is 0 Å². The van der Waals surface area contributed by atoms with Gasteiger partial charge in [-0.15, -0.1) is 0 Å². The third kappa shape index (κ3) is 5.33. The summed E-state index contributed by atoms with van der Waals surface area (Å²) in [6, 6.07) is 7.82. The molecule has 112 valence electrons. The summed E-state index contributed by atoms with van der Waals surface area (Å²) in [7, 11) is -3.38. The molecule has 20 heavy (non-hydrogen) atoms. The van der Waals surface area contributed by atoms with Crippen molar-refractivity contribution < 1.29 is 23.7 Å². The van der Waals surface area contributed by atoms with Gasteiger partial charge in [-0.05, 0) is 26.0 Å². The van der Waals surface area contributed by atoms with E-state index >= 15 is 0 Å². The average molecular weight is 301 g/mol. The van der Waals surface area contributed by atoms with Crippen molar-refractivity contribution in [1.29, 1.82) is 0 Å². The third-order valence-corrected chi connectivity index (χ3v) is 4.50. The molecule has 0 saturated heterocycles. The van der Waals surface area contributed by atoms with Crippen molar-refractivity contribution in [1.82, 2.24) is 5.09 Å². The van der Waals surface area contributed by atoms with E-state index in [1.807, 2.05) is 0 Å². The van der Waals surface area contributed by atoms with E-state index in [1.54, 1.807) is 37.3 Å². The molecular weight excluding hydrogens is 281 g/mol. The second-order valence-electron chi connectivity index (χ2n) is 4.13. The van der Waals surface area contributed by atoms with Crippen LogP contribution in [0.15, 0.2) is 30.3 Å². The molecule has 1 rings (SSSR count). The van der Waals surface area contributed by atoms with Crippen LogP contribution in [0.5, 0.6) is 5.75 Å². The number of aliphatic hydroxyl groups excluding tert-OH is 1. The average Bonchev–Trinajstić information content (AvgIpc) is 2.40. The van der Waals surface area contributed by atoms with Crippen molar-refractivity contribution in [2.24, 2.45) is 0 Å². The van der Waals surface area contributed by atoms with E-state index in [9.17, 15) is 9.36 Å². The summed E-state index contributed by atoms with van der Waals surface area (Å²) in [6.07, 6.45) is -0.0916. The molecule has 2 atom stereocenters. The minimum Gasteiger partial charge on any atom is -0.465 e. The number of ether oxygens (including phenoxy) is 1. The molecule has 0 fully saturated rings. The minimum absolute atomic E-state index is 0.0916. The summed E-state index contributed by atoms with van der Waals surface area (Å²) >= 11 is 0. The van der Waals surface area contributed by atoms with Crippen LogP contribution in [0, 0.1) is 0 Å². The van der Waals surface area contributed by atoms with Gasteiger partial charge in [0.1, 0.15) is 11.8 Å². The Kier molecular flexibility index (Phi) is 6.71. The Morgan fingerprint density at radius 2 is 2.05 bits per heavy atom. The fraction of sp³-hybridized carbons (Fsp3) is 0.462. The summed E-state index contributed by atoms with van der Waals surface area (Å²) in [5.41, 5.74) is 0. The Balaban J connectivity index is 2.76. The summed E-state index contributed by atoms with van der Waals surface area (Å²) in [5, 5.41) is 11.7. The second-order valence-corrected chi connectivity index (χ2v) is 6.36. The van der Waals surface area contributed by atoms with E-state index in [0.717, 1.165) is 0 Å². The highest BCUT2D eigenvalue weighted by atomic mass is 31.2. The van der Waals surface area contributed by atoms with E-state index in [2.05, 4.69) is 5.09 Å². The van der Waals surface area contributed by atoms with Crippen molar-refractivity contribution in [2.45, 2.75) is 19.9 Å². The fourth-order valence-electron chi connectivity index (χ4n) is 1.53. The molecular formula is C13H20NO5P. The van der Waals surface area contributed by atoms with Gasteiger partial charge in [-0.1, -0.05) is 18.2 Å². The molecule has 0 bridgehead atoms.